The summed E-state index contributed by atoms with van der Waals surface area (Å²) in [6, 6.07) is 12.9. The fraction of sp³-hybridized carbons (Fsp3) is 0.200. The molecule has 0 saturated carbocycles. The maximum absolute atomic E-state index is 12.6. The van der Waals surface area contributed by atoms with Gasteiger partial charge in [0.05, 0.1) is 15.6 Å². The maximum Gasteiger partial charge on any atom is 0.255 e. The van der Waals surface area contributed by atoms with Gasteiger partial charge in [-0.15, -0.1) is 11.3 Å². The maximum atomic E-state index is 12.6. The van der Waals surface area contributed by atoms with Gasteiger partial charge in [0.25, 0.3) is 5.91 Å². The number of ether oxygens (including phenoxy) is 1. The average molecular weight is 432 g/mol. The summed E-state index contributed by atoms with van der Waals surface area (Å²) in [6.07, 6.45) is 0. The Morgan fingerprint density at radius 3 is 2.62 bits per heavy atom. The molecule has 0 radical (unpaired) electrons. The molecular formula is C20H21N3O4S2. The molecule has 0 fully saturated rings. The minimum absolute atomic E-state index is 0.107. The topological polar surface area (TPSA) is 88.6 Å². The zero-order valence-electron chi connectivity index (χ0n) is 16.2. The van der Waals surface area contributed by atoms with E-state index < -0.39 is 10.0 Å². The average Bonchev–Trinajstić information content (AvgIpc) is 3.12. The Hall–Kier alpha value is -2.75. The van der Waals surface area contributed by atoms with Crippen LogP contribution in [0.1, 0.15) is 21.1 Å². The minimum Gasteiger partial charge on any atom is -0.487 e. The van der Waals surface area contributed by atoms with Gasteiger partial charge in [-0.05, 0) is 43.3 Å². The molecule has 0 saturated heterocycles. The van der Waals surface area contributed by atoms with Crippen LogP contribution >= 0.6 is 11.3 Å². The Kier molecular flexibility index (Phi) is 6.31. The Morgan fingerprint density at radius 1 is 1.17 bits per heavy atom. The van der Waals surface area contributed by atoms with Crippen molar-refractivity contribution in [1.82, 2.24) is 9.29 Å². The Bertz CT molecular complexity index is 1120. The Morgan fingerprint density at radius 2 is 1.93 bits per heavy atom. The number of carbonyl (C=O) groups excluding carboxylic acids is 1. The Labute approximate surface area is 174 Å². The lowest BCUT2D eigenvalue weighted by Gasteiger charge is -2.13. The molecule has 1 aromatic heterocycles. The molecule has 3 aromatic rings. The molecule has 0 unspecified atom stereocenters. The number of thiazole rings is 1. The van der Waals surface area contributed by atoms with Crippen molar-refractivity contribution in [3.63, 3.8) is 0 Å². The van der Waals surface area contributed by atoms with Crippen LogP contribution in [0.3, 0.4) is 0 Å². The molecule has 0 atom stereocenters. The van der Waals surface area contributed by atoms with Crippen LogP contribution < -0.4 is 10.1 Å². The number of benzene rings is 2. The van der Waals surface area contributed by atoms with Crippen molar-refractivity contribution >= 4 is 33.0 Å². The van der Waals surface area contributed by atoms with E-state index in [4.69, 9.17) is 4.74 Å². The third-order valence-corrected chi connectivity index (χ3v) is 6.65. The van der Waals surface area contributed by atoms with Gasteiger partial charge >= 0.3 is 0 Å². The molecule has 1 N–H and O–H groups in total. The molecule has 0 aliphatic heterocycles. The molecule has 0 aliphatic carbocycles. The first-order chi connectivity index (χ1) is 13.8. The van der Waals surface area contributed by atoms with E-state index in [2.05, 4.69) is 10.3 Å². The van der Waals surface area contributed by atoms with E-state index in [1.54, 1.807) is 47.7 Å². The van der Waals surface area contributed by atoms with Crippen molar-refractivity contribution in [1.29, 1.82) is 0 Å². The van der Waals surface area contributed by atoms with Crippen molar-refractivity contribution in [2.75, 3.05) is 19.4 Å². The van der Waals surface area contributed by atoms with E-state index in [-0.39, 0.29) is 10.8 Å². The first-order valence-electron chi connectivity index (χ1n) is 8.73. The van der Waals surface area contributed by atoms with Gasteiger partial charge in [-0.25, -0.2) is 17.7 Å². The first-order valence-corrected chi connectivity index (χ1v) is 11.1. The van der Waals surface area contributed by atoms with Crippen LogP contribution in [-0.4, -0.2) is 37.7 Å². The van der Waals surface area contributed by atoms with Gasteiger partial charge in [-0.1, -0.05) is 12.1 Å². The molecule has 1 heterocycles. The number of aromatic nitrogens is 1. The second-order valence-electron chi connectivity index (χ2n) is 6.44. The molecule has 9 heteroatoms. The number of hydrogen-bond acceptors (Lipinski definition) is 6. The fourth-order valence-electron chi connectivity index (χ4n) is 2.51. The van der Waals surface area contributed by atoms with Gasteiger partial charge in [0, 0.05) is 30.7 Å². The van der Waals surface area contributed by atoms with Crippen LogP contribution in [0.2, 0.25) is 0 Å². The number of aryl methyl sites for hydroxylation is 1. The molecule has 152 valence electrons. The van der Waals surface area contributed by atoms with E-state index in [9.17, 15) is 13.2 Å². The number of rotatable bonds is 7. The number of nitrogens with zero attached hydrogens (tertiary/aromatic N) is 2. The summed E-state index contributed by atoms with van der Waals surface area (Å²) in [5, 5.41) is 5.62. The van der Waals surface area contributed by atoms with Gasteiger partial charge in [-0.2, -0.15) is 0 Å². The lowest BCUT2D eigenvalue weighted by atomic mass is 10.2. The van der Waals surface area contributed by atoms with Crippen LogP contribution in [0.15, 0.2) is 58.8 Å². The van der Waals surface area contributed by atoms with Crippen molar-refractivity contribution in [2.45, 2.75) is 18.4 Å². The van der Waals surface area contributed by atoms with Gasteiger partial charge in [-0.3, -0.25) is 4.79 Å². The summed E-state index contributed by atoms with van der Waals surface area (Å²) in [4.78, 5) is 17.1. The third-order valence-electron chi connectivity index (χ3n) is 4.02. The van der Waals surface area contributed by atoms with Gasteiger partial charge < -0.3 is 10.1 Å². The lowest BCUT2D eigenvalue weighted by molar-refractivity contribution is 0.102. The van der Waals surface area contributed by atoms with E-state index in [0.29, 0.717) is 23.6 Å². The molecule has 1 amide bonds. The molecule has 2 aromatic carbocycles. The normalized spacial score (nSPS) is 11.4. The highest BCUT2D eigenvalue weighted by atomic mass is 32.2. The minimum atomic E-state index is -3.58. The summed E-state index contributed by atoms with van der Waals surface area (Å²) >= 11 is 1.55. The zero-order valence-corrected chi connectivity index (χ0v) is 17.9. The fourth-order valence-corrected chi connectivity index (χ4v) is 4.05. The van der Waals surface area contributed by atoms with Crippen molar-refractivity contribution < 1.29 is 17.9 Å². The zero-order chi connectivity index (χ0) is 21.0. The highest BCUT2D eigenvalue weighted by molar-refractivity contribution is 7.89. The predicted molar refractivity (Wildman–Crippen MR) is 113 cm³/mol. The smallest absolute Gasteiger partial charge is 0.255 e. The highest BCUT2D eigenvalue weighted by Gasteiger charge is 2.18. The summed E-state index contributed by atoms with van der Waals surface area (Å²) in [7, 11) is -0.667. The quantitative estimate of drug-likeness (QED) is 0.618. The highest BCUT2D eigenvalue weighted by Crippen LogP contribution is 2.20. The molecule has 0 spiro atoms. The van der Waals surface area contributed by atoms with Crippen molar-refractivity contribution in [3.05, 3.63) is 70.2 Å². The van der Waals surface area contributed by atoms with E-state index in [1.165, 1.54) is 26.2 Å². The van der Waals surface area contributed by atoms with Crippen LogP contribution in [0.4, 0.5) is 5.69 Å². The Balaban J connectivity index is 1.71. The second-order valence-corrected chi connectivity index (χ2v) is 9.66. The summed E-state index contributed by atoms with van der Waals surface area (Å²) < 4.78 is 31.4. The number of nitrogens with one attached hydrogen (secondary N) is 1. The standard InChI is InChI=1S/C20H21N3O4S2/c1-14-21-17(13-28-14)12-27-18-8-4-6-15(10-18)20(24)22-16-7-5-9-19(11-16)29(25,26)23(2)3/h4-11,13H,12H2,1-3H3,(H,22,24). The monoisotopic (exact) mass is 431 g/mol. The van der Waals surface area contributed by atoms with Crippen LogP contribution in [-0.2, 0) is 16.6 Å². The second kappa shape index (κ2) is 8.73. The van der Waals surface area contributed by atoms with Crippen LogP contribution in [0.5, 0.6) is 5.75 Å². The number of carbonyl (C=O) groups is 1. The predicted octanol–water partition coefficient (Wildman–Crippen LogP) is 3.53. The summed E-state index contributed by atoms with van der Waals surface area (Å²) in [5.41, 5.74) is 1.63. The number of anilines is 1. The molecule has 0 bridgehead atoms. The molecule has 29 heavy (non-hydrogen) atoms. The SMILES string of the molecule is Cc1nc(COc2cccc(C(=O)Nc3cccc(S(=O)(=O)N(C)C)c3)c2)cs1. The van der Waals surface area contributed by atoms with Crippen molar-refractivity contribution in [2.24, 2.45) is 0 Å². The third kappa shape index (κ3) is 5.20. The van der Waals surface area contributed by atoms with Crippen molar-refractivity contribution in [3.8, 4) is 5.75 Å². The summed E-state index contributed by atoms with van der Waals surface area (Å²) in [5.74, 6) is 0.187. The van der Waals surface area contributed by atoms with Gasteiger partial charge in [0.2, 0.25) is 10.0 Å². The number of amides is 1. The first kappa shape index (κ1) is 21.0. The number of hydrogen-bond donors (Lipinski definition) is 1. The largest absolute Gasteiger partial charge is 0.487 e. The van der Waals surface area contributed by atoms with Crippen LogP contribution in [0, 0.1) is 6.92 Å². The van der Waals surface area contributed by atoms with E-state index in [0.717, 1.165) is 15.0 Å². The molecule has 3 rings (SSSR count). The number of sulfonamides is 1. The van der Waals surface area contributed by atoms with Gasteiger partial charge in [0.1, 0.15) is 12.4 Å². The molecular weight excluding hydrogens is 410 g/mol. The molecule has 0 aliphatic rings. The van der Waals surface area contributed by atoms with Crippen LogP contribution in [0.25, 0.3) is 0 Å². The molecule has 7 nitrogen and oxygen atoms in total. The van der Waals surface area contributed by atoms with E-state index >= 15 is 0 Å². The summed E-state index contributed by atoms with van der Waals surface area (Å²) in [6.45, 7) is 2.25. The van der Waals surface area contributed by atoms with E-state index in [1.807, 2.05) is 12.3 Å². The van der Waals surface area contributed by atoms with Gasteiger partial charge in [0.15, 0.2) is 0 Å². The lowest BCUT2D eigenvalue weighted by Crippen LogP contribution is -2.22.